The number of nitrogens with zero attached hydrogens (tertiary/aromatic N) is 1. The number of carbonyl (C=O) groups is 1. The van der Waals surface area contributed by atoms with Crippen LogP contribution in [0.1, 0.15) is 24.8 Å². The number of alkyl halides is 3. The third-order valence-electron chi connectivity index (χ3n) is 4.46. The van der Waals surface area contributed by atoms with Crippen LogP contribution in [0, 0.1) is 5.92 Å². The van der Waals surface area contributed by atoms with Crippen molar-refractivity contribution in [3.63, 3.8) is 0 Å². The topological polar surface area (TPSA) is 61.8 Å². The Kier molecular flexibility index (Phi) is 9.35. The predicted octanol–water partition coefficient (Wildman–Crippen LogP) is 2.72. The smallest absolute Gasteiger partial charge is 0.416 e. The van der Waals surface area contributed by atoms with Crippen molar-refractivity contribution in [3.05, 3.63) is 29.8 Å². The van der Waals surface area contributed by atoms with Gasteiger partial charge in [-0.25, -0.2) is 0 Å². The summed E-state index contributed by atoms with van der Waals surface area (Å²) in [4.78, 5) is 13.5. The molecule has 1 aromatic carbocycles. The van der Waals surface area contributed by atoms with E-state index in [1.807, 2.05) is 0 Å². The Hall–Kier alpha value is -1.51. The molecule has 0 radical (unpaired) electrons. The van der Waals surface area contributed by atoms with Crippen LogP contribution in [0.4, 0.5) is 13.2 Å². The molecule has 1 aliphatic heterocycles. The van der Waals surface area contributed by atoms with Crippen LogP contribution in [0.15, 0.2) is 24.3 Å². The molecular formula is C18H26ClF3N2O3. The van der Waals surface area contributed by atoms with Crippen molar-refractivity contribution in [1.29, 1.82) is 0 Å². The van der Waals surface area contributed by atoms with Crippen LogP contribution >= 0.6 is 12.4 Å². The van der Waals surface area contributed by atoms with Gasteiger partial charge in [0.25, 0.3) is 0 Å². The molecular weight excluding hydrogens is 385 g/mol. The Morgan fingerprint density at radius 1 is 1.37 bits per heavy atom. The van der Waals surface area contributed by atoms with Crippen LogP contribution in [0.5, 0.6) is 5.75 Å². The van der Waals surface area contributed by atoms with Crippen molar-refractivity contribution < 1.29 is 27.8 Å². The third kappa shape index (κ3) is 7.94. The average molecular weight is 411 g/mol. The monoisotopic (exact) mass is 410 g/mol. The number of hydrogen-bond acceptors (Lipinski definition) is 4. The summed E-state index contributed by atoms with van der Waals surface area (Å²) in [6, 6.07) is 4.27. The lowest BCUT2D eigenvalue weighted by atomic mass is 10.0. The van der Waals surface area contributed by atoms with Gasteiger partial charge in [-0.15, -0.1) is 12.4 Å². The van der Waals surface area contributed by atoms with E-state index < -0.39 is 17.8 Å². The first-order chi connectivity index (χ1) is 12.3. The molecule has 154 valence electrons. The zero-order chi connectivity index (χ0) is 19.2. The summed E-state index contributed by atoms with van der Waals surface area (Å²) in [5, 5.41) is 13.2. The van der Waals surface area contributed by atoms with Gasteiger partial charge in [-0.3, -0.25) is 4.79 Å². The van der Waals surface area contributed by atoms with Gasteiger partial charge in [-0.1, -0.05) is 0 Å². The van der Waals surface area contributed by atoms with Crippen LogP contribution in [0.3, 0.4) is 0 Å². The molecule has 2 unspecified atom stereocenters. The fourth-order valence-electron chi connectivity index (χ4n) is 2.88. The molecule has 0 spiro atoms. The van der Waals surface area contributed by atoms with Crippen LogP contribution < -0.4 is 10.1 Å². The van der Waals surface area contributed by atoms with E-state index in [-0.39, 0.29) is 37.2 Å². The van der Waals surface area contributed by atoms with Gasteiger partial charge in [-0.2, -0.15) is 13.2 Å². The highest BCUT2D eigenvalue weighted by Gasteiger charge is 2.30. The second kappa shape index (κ2) is 10.7. The number of nitrogens with one attached hydrogen (secondary N) is 1. The number of ether oxygens (including phenoxy) is 1. The molecule has 0 bridgehead atoms. The highest BCUT2D eigenvalue weighted by atomic mass is 35.5. The lowest BCUT2D eigenvalue weighted by Gasteiger charge is -2.22. The molecule has 2 N–H and O–H groups in total. The van der Waals surface area contributed by atoms with E-state index in [2.05, 4.69) is 5.32 Å². The normalized spacial score (nSPS) is 17.9. The number of hydrogen-bond donors (Lipinski definition) is 2. The molecule has 9 heteroatoms. The van der Waals surface area contributed by atoms with Crippen molar-refractivity contribution >= 4 is 18.3 Å². The Morgan fingerprint density at radius 3 is 2.59 bits per heavy atom. The lowest BCUT2D eigenvalue weighted by Crippen LogP contribution is -2.37. The van der Waals surface area contributed by atoms with Gasteiger partial charge < -0.3 is 20.1 Å². The summed E-state index contributed by atoms with van der Waals surface area (Å²) >= 11 is 0. The van der Waals surface area contributed by atoms with Gasteiger partial charge in [0.2, 0.25) is 5.91 Å². The summed E-state index contributed by atoms with van der Waals surface area (Å²) in [6.45, 7) is 1.95. The van der Waals surface area contributed by atoms with Crippen molar-refractivity contribution in [3.8, 4) is 5.75 Å². The van der Waals surface area contributed by atoms with E-state index in [0.717, 1.165) is 38.1 Å². The first-order valence-electron chi connectivity index (χ1n) is 8.68. The second-order valence-corrected chi connectivity index (χ2v) is 6.66. The maximum absolute atomic E-state index is 12.5. The molecule has 2 rings (SSSR count). The molecule has 1 saturated heterocycles. The molecule has 1 amide bonds. The lowest BCUT2D eigenvalue weighted by molar-refractivity contribution is -0.137. The maximum Gasteiger partial charge on any atom is 0.416 e. The molecule has 1 heterocycles. The zero-order valence-corrected chi connectivity index (χ0v) is 16.0. The minimum absolute atomic E-state index is 0. The number of rotatable bonds is 8. The summed E-state index contributed by atoms with van der Waals surface area (Å²) in [6.07, 6.45) is -2.96. The van der Waals surface area contributed by atoms with Crippen molar-refractivity contribution in [1.82, 2.24) is 10.2 Å². The summed E-state index contributed by atoms with van der Waals surface area (Å²) in [5.41, 5.74) is -0.756. The average Bonchev–Trinajstić information content (AvgIpc) is 3.11. The molecule has 1 fully saturated rings. The van der Waals surface area contributed by atoms with Crippen molar-refractivity contribution in [2.24, 2.45) is 5.92 Å². The van der Waals surface area contributed by atoms with Gasteiger partial charge in [0, 0.05) is 20.0 Å². The number of carbonyl (C=O) groups excluding carboxylic acids is 1. The Balaban J connectivity index is 0.00000364. The Bertz CT molecular complexity index is 578. The number of likely N-dealkylation sites (N-methyl/N-ethyl adjacent to an activating group) is 1. The number of halogens is 4. The molecule has 0 aliphatic carbocycles. The van der Waals surface area contributed by atoms with E-state index >= 15 is 0 Å². The predicted molar refractivity (Wildman–Crippen MR) is 98.0 cm³/mol. The largest absolute Gasteiger partial charge is 0.491 e. The van der Waals surface area contributed by atoms with E-state index in [0.29, 0.717) is 12.3 Å². The number of aliphatic hydroxyl groups excluding tert-OH is 1. The molecule has 0 aromatic heterocycles. The maximum atomic E-state index is 12.5. The first-order valence-corrected chi connectivity index (χ1v) is 8.68. The summed E-state index contributed by atoms with van der Waals surface area (Å²) < 4.78 is 42.8. The minimum atomic E-state index is -4.39. The van der Waals surface area contributed by atoms with Crippen LogP contribution in [0.2, 0.25) is 0 Å². The fourth-order valence-corrected chi connectivity index (χ4v) is 2.88. The van der Waals surface area contributed by atoms with Gasteiger partial charge in [0.05, 0.1) is 5.56 Å². The zero-order valence-electron chi connectivity index (χ0n) is 15.2. The van der Waals surface area contributed by atoms with Crippen molar-refractivity contribution in [2.75, 3.05) is 33.3 Å². The van der Waals surface area contributed by atoms with E-state index in [1.165, 1.54) is 17.0 Å². The highest BCUT2D eigenvalue weighted by molar-refractivity contribution is 5.85. The highest BCUT2D eigenvalue weighted by Crippen LogP contribution is 2.30. The second-order valence-electron chi connectivity index (χ2n) is 6.66. The first kappa shape index (κ1) is 23.5. The molecule has 2 atom stereocenters. The quantitative estimate of drug-likeness (QED) is 0.691. The number of aliphatic hydroxyl groups is 1. The summed E-state index contributed by atoms with van der Waals surface area (Å²) in [7, 11) is 1.62. The van der Waals surface area contributed by atoms with Gasteiger partial charge in [0.1, 0.15) is 18.5 Å². The number of amides is 1. The Morgan fingerprint density at radius 2 is 2.04 bits per heavy atom. The SMILES string of the molecule is CN(CC(O)COc1ccc(C(F)(F)F)cc1)C(=O)CCC1CCNC1.Cl. The van der Waals surface area contributed by atoms with Gasteiger partial charge >= 0.3 is 6.18 Å². The fraction of sp³-hybridized carbons (Fsp3) is 0.611. The van der Waals surface area contributed by atoms with E-state index in [9.17, 15) is 23.1 Å². The molecule has 27 heavy (non-hydrogen) atoms. The Labute approximate surface area is 163 Å². The van der Waals surface area contributed by atoms with Crippen LogP contribution in [0.25, 0.3) is 0 Å². The van der Waals surface area contributed by atoms with Gasteiger partial charge in [-0.05, 0) is 56.1 Å². The van der Waals surface area contributed by atoms with Crippen LogP contribution in [-0.2, 0) is 11.0 Å². The van der Waals surface area contributed by atoms with Crippen LogP contribution in [-0.4, -0.2) is 55.3 Å². The molecule has 1 aliphatic rings. The van der Waals surface area contributed by atoms with E-state index in [1.54, 1.807) is 7.05 Å². The minimum Gasteiger partial charge on any atom is -0.491 e. The van der Waals surface area contributed by atoms with Crippen molar-refractivity contribution in [2.45, 2.75) is 31.5 Å². The summed E-state index contributed by atoms with van der Waals surface area (Å²) in [5.74, 6) is 0.727. The van der Waals surface area contributed by atoms with E-state index in [4.69, 9.17) is 4.74 Å². The van der Waals surface area contributed by atoms with Gasteiger partial charge in [0.15, 0.2) is 0 Å². The molecule has 1 aromatic rings. The number of benzene rings is 1. The molecule has 5 nitrogen and oxygen atoms in total. The third-order valence-corrected chi connectivity index (χ3v) is 4.46. The molecule has 0 saturated carbocycles. The standard InChI is InChI=1S/C18H25F3N2O3.ClH/c1-23(17(25)7-2-13-8-9-22-10-13)11-15(24)12-26-16-5-3-14(4-6-16)18(19,20)21;/h3-6,13,15,22,24H,2,7-12H2,1H3;1H.